The molecule has 2 radical (unpaired) electrons. The molecule has 56 valence electrons. The fourth-order valence-corrected chi connectivity index (χ4v) is 1.00. The van der Waals surface area contributed by atoms with E-state index in [1.54, 1.807) is 7.11 Å². The van der Waals surface area contributed by atoms with Crippen LogP contribution in [0.25, 0.3) is 0 Å². The van der Waals surface area contributed by atoms with Gasteiger partial charge in [0, 0.05) is 0 Å². The standard InChI is InChI=1S/C9H11BO/c1-3-7-4-5-9(11-2)8(10)6-7/h4-6H,3H2,1-2H3. The van der Waals surface area contributed by atoms with Crippen LogP contribution in [0.4, 0.5) is 0 Å². The zero-order chi connectivity index (χ0) is 8.27. The summed E-state index contributed by atoms with van der Waals surface area (Å²) in [5, 5.41) is 0. The number of aryl methyl sites for hydroxylation is 1. The van der Waals surface area contributed by atoms with Crippen LogP contribution in [0.3, 0.4) is 0 Å². The molecule has 1 aromatic rings. The van der Waals surface area contributed by atoms with Crippen LogP contribution in [0.15, 0.2) is 18.2 Å². The third kappa shape index (κ3) is 1.76. The highest BCUT2D eigenvalue weighted by Crippen LogP contribution is 2.07. The van der Waals surface area contributed by atoms with E-state index < -0.39 is 0 Å². The lowest BCUT2D eigenvalue weighted by atomic mass is 9.92. The summed E-state index contributed by atoms with van der Waals surface area (Å²) >= 11 is 0. The molecule has 2 heteroatoms. The summed E-state index contributed by atoms with van der Waals surface area (Å²) in [7, 11) is 7.30. The smallest absolute Gasteiger partial charge is 0.119 e. The molecule has 0 saturated heterocycles. The molecule has 0 atom stereocenters. The molecule has 1 rings (SSSR count). The maximum absolute atomic E-state index is 5.68. The molecule has 0 aliphatic heterocycles. The lowest BCUT2D eigenvalue weighted by Crippen LogP contribution is -2.07. The van der Waals surface area contributed by atoms with Gasteiger partial charge in [-0.05, 0) is 18.1 Å². The Hall–Kier alpha value is -0.915. The Kier molecular flexibility index (Phi) is 2.58. The third-order valence-corrected chi connectivity index (χ3v) is 1.70. The molecule has 0 spiro atoms. The second-order valence-corrected chi connectivity index (χ2v) is 2.43. The van der Waals surface area contributed by atoms with Crippen molar-refractivity contribution >= 4 is 13.3 Å². The predicted molar refractivity (Wildman–Crippen MR) is 47.8 cm³/mol. The minimum absolute atomic E-state index is 0.715. The van der Waals surface area contributed by atoms with Crippen LogP contribution in [0.5, 0.6) is 5.75 Å². The summed E-state index contributed by atoms with van der Waals surface area (Å²) < 4.78 is 5.02. The summed E-state index contributed by atoms with van der Waals surface area (Å²) in [6.45, 7) is 2.10. The van der Waals surface area contributed by atoms with Gasteiger partial charge in [-0.25, -0.2) is 0 Å². The number of hydrogen-bond acceptors (Lipinski definition) is 1. The van der Waals surface area contributed by atoms with Gasteiger partial charge in [0.05, 0.1) is 7.11 Å². The minimum Gasteiger partial charge on any atom is -0.497 e. The van der Waals surface area contributed by atoms with Crippen LogP contribution < -0.4 is 10.2 Å². The van der Waals surface area contributed by atoms with E-state index in [0.717, 1.165) is 12.2 Å². The lowest BCUT2D eigenvalue weighted by molar-refractivity contribution is 0.418. The normalized spacial score (nSPS) is 9.64. The molecular formula is C9H11BO. The highest BCUT2D eigenvalue weighted by atomic mass is 16.5. The molecular weight excluding hydrogens is 135 g/mol. The third-order valence-electron chi connectivity index (χ3n) is 1.70. The van der Waals surface area contributed by atoms with Crippen molar-refractivity contribution < 1.29 is 4.74 Å². The fourth-order valence-electron chi connectivity index (χ4n) is 1.00. The van der Waals surface area contributed by atoms with Crippen LogP contribution in [-0.4, -0.2) is 15.0 Å². The molecule has 0 unspecified atom stereocenters. The second kappa shape index (κ2) is 3.47. The number of methoxy groups -OCH3 is 1. The fraction of sp³-hybridized carbons (Fsp3) is 0.333. The van der Waals surface area contributed by atoms with Gasteiger partial charge in [-0.15, -0.1) is 0 Å². The summed E-state index contributed by atoms with van der Waals surface area (Å²) in [5.74, 6) is 0.752. The van der Waals surface area contributed by atoms with Gasteiger partial charge in [-0.2, -0.15) is 0 Å². The molecule has 11 heavy (non-hydrogen) atoms. The SMILES string of the molecule is [B]c1cc(CC)ccc1OC. The predicted octanol–water partition coefficient (Wildman–Crippen LogP) is 1.05. The molecule has 1 nitrogen and oxygen atoms in total. The number of rotatable bonds is 2. The van der Waals surface area contributed by atoms with Crippen LogP contribution in [0.2, 0.25) is 0 Å². The largest absolute Gasteiger partial charge is 0.497 e. The number of benzene rings is 1. The zero-order valence-electron chi connectivity index (χ0n) is 6.92. The highest BCUT2D eigenvalue weighted by molar-refractivity contribution is 6.34. The Morgan fingerprint density at radius 1 is 1.45 bits per heavy atom. The van der Waals surface area contributed by atoms with Crippen molar-refractivity contribution in [1.82, 2.24) is 0 Å². The van der Waals surface area contributed by atoms with Crippen molar-refractivity contribution in [3.63, 3.8) is 0 Å². The van der Waals surface area contributed by atoms with E-state index in [4.69, 9.17) is 12.6 Å². The first-order chi connectivity index (χ1) is 5.27. The van der Waals surface area contributed by atoms with Crippen molar-refractivity contribution in [2.24, 2.45) is 0 Å². The first-order valence-electron chi connectivity index (χ1n) is 3.70. The molecule has 1 aromatic carbocycles. The molecule has 0 aliphatic rings. The van der Waals surface area contributed by atoms with E-state index in [9.17, 15) is 0 Å². The average Bonchev–Trinajstić information content (AvgIpc) is 2.04. The van der Waals surface area contributed by atoms with Crippen LogP contribution in [-0.2, 0) is 6.42 Å². The van der Waals surface area contributed by atoms with Gasteiger partial charge < -0.3 is 4.74 Å². The summed E-state index contributed by atoms with van der Waals surface area (Å²) in [6, 6.07) is 5.86. The van der Waals surface area contributed by atoms with E-state index >= 15 is 0 Å². The number of ether oxygens (including phenoxy) is 1. The van der Waals surface area contributed by atoms with Crippen molar-refractivity contribution in [2.75, 3.05) is 7.11 Å². The van der Waals surface area contributed by atoms with E-state index in [2.05, 4.69) is 6.92 Å². The number of hydrogen-bond donors (Lipinski definition) is 0. The van der Waals surface area contributed by atoms with E-state index in [1.165, 1.54) is 5.56 Å². The van der Waals surface area contributed by atoms with Gasteiger partial charge in [-0.3, -0.25) is 0 Å². The van der Waals surface area contributed by atoms with E-state index in [-0.39, 0.29) is 0 Å². The average molecular weight is 146 g/mol. The molecule has 0 amide bonds. The molecule has 0 bridgehead atoms. The van der Waals surface area contributed by atoms with Crippen LogP contribution in [0.1, 0.15) is 12.5 Å². The van der Waals surface area contributed by atoms with E-state index in [0.29, 0.717) is 5.46 Å². The van der Waals surface area contributed by atoms with Gasteiger partial charge in [0.25, 0.3) is 0 Å². The Balaban J connectivity index is 2.99. The first kappa shape index (κ1) is 8.18. The zero-order valence-corrected chi connectivity index (χ0v) is 6.92. The monoisotopic (exact) mass is 146 g/mol. The summed E-state index contributed by atoms with van der Waals surface area (Å²) in [6.07, 6.45) is 1.01. The lowest BCUT2D eigenvalue weighted by Gasteiger charge is -2.05. The van der Waals surface area contributed by atoms with Gasteiger partial charge in [0.15, 0.2) is 0 Å². The summed E-state index contributed by atoms with van der Waals surface area (Å²) in [5.41, 5.74) is 1.95. The van der Waals surface area contributed by atoms with Crippen LogP contribution >= 0.6 is 0 Å². The highest BCUT2D eigenvalue weighted by Gasteiger charge is 1.96. The van der Waals surface area contributed by atoms with Crippen molar-refractivity contribution in [2.45, 2.75) is 13.3 Å². The van der Waals surface area contributed by atoms with Crippen LogP contribution in [0, 0.1) is 0 Å². The maximum atomic E-state index is 5.68. The van der Waals surface area contributed by atoms with Gasteiger partial charge >= 0.3 is 0 Å². The molecule has 0 N–H and O–H groups in total. The molecule has 0 fully saturated rings. The van der Waals surface area contributed by atoms with Crippen molar-refractivity contribution in [3.8, 4) is 5.75 Å². The van der Waals surface area contributed by atoms with Gasteiger partial charge in [-0.1, -0.05) is 24.5 Å². The quantitative estimate of drug-likeness (QED) is 0.566. The minimum atomic E-state index is 0.715. The van der Waals surface area contributed by atoms with Gasteiger partial charge in [0.2, 0.25) is 0 Å². The first-order valence-corrected chi connectivity index (χ1v) is 3.70. The Labute approximate surface area is 68.8 Å². The Morgan fingerprint density at radius 2 is 2.18 bits per heavy atom. The molecule has 0 saturated carbocycles. The molecule has 0 aromatic heterocycles. The topological polar surface area (TPSA) is 9.23 Å². The van der Waals surface area contributed by atoms with Crippen molar-refractivity contribution in [1.29, 1.82) is 0 Å². The van der Waals surface area contributed by atoms with Crippen molar-refractivity contribution in [3.05, 3.63) is 23.8 Å². The Bertz CT molecular complexity index is 245. The Morgan fingerprint density at radius 3 is 2.64 bits per heavy atom. The molecule has 0 heterocycles. The second-order valence-electron chi connectivity index (χ2n) is 2.43. The van der Waals surface area contributed by atoms with E-state index in [1.807, 2.05) is 18.2 Å². The van der Waals surface area contributed by atoms with Gasteiger partial charge in [0.1, 0.15) is 13.6 Å². The molecule has 0 aliphatic carbocycles. The summed E-state index contributed by atoms with van der Waals surface area (Å²) in [4.78, 5) is 0. The maximum Gasteiger partial charge on any atom is 0.119 e.